The number of fused-ring (bicyclic) bond motifs is 1. The fourth-order valence-electron chi connectivity index (χ4n) is 3.43. The van der Waals surface area contributed by atoms with Gasteiger partial charge in [-0.25, -0.2) is 15.0 Å². The van der Waals surface area contributed by atoms with Gasteiger partial charge in [-0.2, -0.15) is 0 Å². The van der Waals surface area contributed by atoms with Crippen LogP contribution in [0.1, 0.15) is 11.8 Å². The van der Waals surface area contributed by atoms with Crippen molar-refractivity contribution in [3.63, 3.8) is 0 Å². The van der Waals surface area contributed by atoms with E-state index in [1.54, 1.807) is 20.3 Å². The Balaban J connectivity index is 1.59. The lowest BCUT2D eigenvalue weighted by Crippen LogP contribution is -2.33. The van der Waals surface area contributed by atoms with E-state index in [9.17, 15) is 15.3 Å². The molecule has 1 saturated heterocycles. The summed E-state index contributed by atoms with van der Waals surface area (Å²) in [6.07, 6.45) is -1.41. The number of aromatic nitrogens is 4. The molecule has 3 heterocycles. The van der Waals surface area contributed by atoms with Crippen LogP contribution in [0, 0.1) is 0 Å². The van der Waals surface area contributed by atoms with Gasteiger partial charge in [0.2, 0.25) is 0 Å². The predicted octanol–water partition coefficient (Wildman–Crippen LogP) is 0.0671. The zero-order chi connectivity index (χ0) is 21.3. The molecule has 160 valence electrons. The van der Waals surface area contributed by atoms with Crippen molar-refractivity contribution >= 4 is 17.0 Å². The largest absolute Gasteiger partial charge is 0.497 e. The van der Waals surface area contributed by atoms with Gasteiger partial charge in [0.05, 0.1) is 27.2 Å². The van der Waals surface area contributed by atoms with Crippen molar-refractivity contribution in [2.75, 3.05) is 26.1 Å². The standard InChI is InChI=1S/C19H23N5O6/c1-28-11-3-10(4-12(5-11)29-2)6-20-17-14-18(22-8-21-17)24(9-23-14)19-16(27)15(26)13(7-25)30-19/h3-5,8-9,13,15-16,19,25-27H,6-7H2,1-2H3,(H,20,21,22)/t13-,15-,16+,19?/m1/s1. The molecule has 4 atom stereocenters. The summed E-state index contributed by atoms with van der Waals surface area (Å²) >= 11 is 0. The lowest BCUT2D eigenvalue weighted by molar-refractivity contribution is -0.0511. The van der Waals surface area contributed by atoms with Crippen LogP contribution >= 0.6 is 0 Å². The van der Waals surface area contributed by atoms with E-state index >= 15 is 0 Å². The molecule has 1 aromatic carbocycles. The van der Waals surface area contributed by atoms with Gasteiger partial charge in [0.1, 0.15) is 36.1 Å². The highest BCUT2D eigenvalue weighted by Crippen LogP contribution is 2.32. The molecule has 4 rings (SSSR count). The van der Waals surface area contributed by atoms with E-state index < -0.39 is 31.1 Å². The second-order valence-corrected chi connectivity index (χ2v) is 6.85. The third kappa shape index (κ3) is 3.63. The molecule has 2 aromatic heterocycles. The van der Waals surface area contributed by atoms with Crippen LogP contribution in [0.15, 0.2) is 30.9 Å². The summed E-state index contributed by atoms with van der Waals surface area (Å²) in [5.41, 5.74) is 1.82. The molecule has 1 aliphatic rings. The summed E-state index contributed by atoms with van der Waals surface area (Å²) in [4.78, 5) is 12.8. The maximum absolute atomic E-state index is 10.3. The van der Waals surface area contributed by atoms with Gasteiger partial charge >= 0.3 is 0 Å². The van der Waals surface area contributed by atoms with Crippen molar-refractivity contribution in [2.24, 2.45) is 0 Å². The first-order valence-electron chi connectivity index (χ1n) is 9.31. The Labute approximate surface area is 171 Å². The fourth-order valence-corrected chi connectivity index (χ4v) is 3.43. The first-order chi connectivity index (χ1) is 14.5. The minimum atomic E-state index is -1.23. The molecular weight excluding hydrogens is 394 g/mol. The third-order valence-electron chi connectivity index (χ3n) is 5.02. The molecule has 3 aromatic rings. The molecule has 1 unspecified atom stereocenters. The van der Waals surface area contributed by atoms with E-state index in [1.165, 1.54) is 17.2 Å². The van der Waals surface area contributed by atoms with Crippen LogP contribution in [-0.2, 0) is 11.3 Å². The number of hydrogen-bond acceptors (Lipinski definition) is 10. The minimum absolute atomic E-state index is 0.410. The Bertz CT molecular complexity index is 1010. The summed E-state index contributed by atoms with van der Waals surface area (Å²) in [6, 6.07) is 5.55. The van der Waals surface area contributed by atoms with Gasteiger partial charge in [-0.05, 0) is 17.7 Å². The Hall–Kier alpha value is -2.99. The second kappa shape index (κ2) is 8.40. The smallest absolute Gasteiger partial charge is 0.167 e. The molecule has 4 N–H and O–H groups in total. The predicted molar refractivity (Wildman–Crippen MR) is 105 cm³/mol. The van der Waals surface area contributed by atoms with Crippen LogP contribution in [0.3, 0.4) is 0 Å². The summed E-state index contributed by atoms with van der Waals surface area (Å²) < 4.78 is 17.7. The van der Waals surface area contributed by atoms with Gasteiger partial charge in [-0.3, -0.25) is 4.57 Å². The average Bonchev–Trinajstić information content (AvgIpc) is 3.33. The molecule has 30 heavy (non-hydrogen) atoms. The Morgan fingerprint density at radius 3 is 2.43 bits per heavy atom. The van der Waals surface area contributed by atoms with Crippen LogP contribution in [0.2, 0.25) is 0 Å². The van der Waals surface area contributed by atoms with Gasteiger partial charge in [-0.1, -0.05) is 0 Å². The fraction of sp³-hybridized carbons (Fsp3) is 0.421. The highest BCUT2D eigenvalue weighted by atomic mass is 16.6. The van der Waals surface area contributed by atoms with E-state index in [-0.39, 0.29) is 0 Å². The number of aliphatic hydroxyl groups excluding tert-OH is 3. The van der Waals surface area contributed by atoms with Gasteiger partial charge in [-0.15, -0.1) is 0 Å². The molecular formula is C19H23N5O6. The van der Waals surface area contributed by atoms with Crippen molar-refractivity contribution < 1.29 is 29.5 Å². The van der Waals surface area contributed by atoms with Gasteiger partial charge in [0.25, 0.3) is 0 Å². The van der Waals surface area contributed by atoms with Crippen molar-refractivity contribution in [1.29, 1.82) is 0 Å². The molecule has 11 nitrogen and oxygen atoms in total. The lowest BCUT2D eigenvalue weighted by atomic mass is 10.1. The topological polar surface area (TPSA) is 144 Å². The SMILES string of the molecule is COc1cc(CNc2ncnc3c2ncn3C2O[C@H](CO)[C@@H](O)[C@@H]2O)cc(OC)c1. The van der Waals surface area contributed by atoms with Crippen LogP contribution in [-0.4, -0.2) is 74.0 Å². The maximum atomic E-state index is 10.3. The van der Waals surface area contributed by atoms with Crippen molar-refractivity contribution in [3.05, 3.63) is 36.4 Å². The first-order valence-corrected chi connectivity index (χ1v) is 9.31. The first kappa shape index (κ1) is 20.3. The number of benzene rings is 1. The van der Waals surface area contributed by atoms with Crippen molar-refractivity contribution in [2.45, 2.75) is 31.1 Å². The number of nitrogens with one attached hydrogen (secondary N) is 1. The lowest BCUT2D eigenvalue weighted by Gasteiger charge is -2.16. The van der Waals surface area contributed by atoms with Crippen molar-refractivity contribution in [1.82, 2.24) is 19.5 Å². The van der Waals surface area contributed by atoms with E-state index in [0.717, 1.165) is 5.56 Å². The van der Waals surface area contributed by atoms with Crippen molar-refractivity contribution in [3.8, 4) is 11.5 Å². The van der Waals surface area contributed by atoms with Gasteiger partial charge in [0, 0.05) is 12.6 Å². The number of anilines is 1. The third-order valence-corrected chi connectivity index (χ3v) is 5.02. The molecule has 0 aliphatic carbocycles. The Morgan fingerprint density at radius 1 is 1.07 bits per heavy atom. The molecule has 1 fully saturated rings. The monoisotopic (exact) mass is 417 g/mol. The summed E-state index contributed by atoms with van der Waals surface area (Å²) in [7, 11) is 3.18. The summed E-state index contributed by atoms with van der Waals surface area (Å²) in [5, 5.41) is 32.8. The van der Waals surface area contributed by atoms with E-state index in [0.29, 0.717) is 35.0 Å². The van der Waals surface area contributed by atoms with Crippen LogP contribution in [0.4, 0.5) is 5.82 Å². The highest BCUT2D eigenvalue weighted by Gasteiger charge is 2.44. The molecule has 0 radical (unpaired) electrons. The molecule has 1 aliphatic heterocycles. The van der Waals surface area contributed by atoms with Gasteiger partial charge < -0.3 is 34.8 Å². The molecule has 0 saturated carbocycles. The zero-order valence-corrected chi connectivity index (χ0v) is 16.5. The normalized spacial score (nSPS) is 23.6. The molecule has 0 bridgehead atoms. The molecule has 0 amide bonds. The zero-order valence-electron chi connectivity index (χ0n) is 16.5. The summed E-state index contributed by atoms with van der Waals surface area (Å²) in [6.45, 7) is 0.0214. The van der Waals surface area contributed by atoms with E-state index in [2.05, 4.69) is 20.3 Å². The maximum Gasteiger partial charge on any atom is 0.167 e. The molecule has 11 heteroatoms. The number of ether oxygens (including phenoxy) is 3. The van der Waals surface area contributed by atoms with E-state index in [1.807, 2.05) is 12.1 Å². The Kier molecular flexibility index (Phi) is 5.68. The number of rotatable bonds is 7. The quantitative estimate of drug-likeness (QED) is 0.417. The number of methoxy groups -OCH3 is 2. The minimum Gasteiger partial charge on any atom is -0.497 e. The number of hydrogen-bond donors (Lipinski definition) is 4. The Morgan fingerprint density at radius 2 is 1.80 bits per heavy atom. The second-order valence-electron chi connectivity index (χ2n) is 6.85. The van der Waals surface area contributed by atoms with Crippen LogP contribution in [0.5, 0.6) is 11.5 Å². The number of aliphatic hydroxyl groups is 3. The van der Waals surface area contributed by atoms with Crippen LogP contribution < -0.4 is 14.8 Å². The van der Waals surface area contributed by atoms with Crippen LogP contribution in [0.25, 0.3) is 11.2 Å². The summed E-state index contributed by atoms with van der Waals surface area (Å²) in [5.74, 6) is 1.84. The van der Waals surface area contributed by atoms with Gasteiger partial charge in [0.15, 0.2) is 23.2 Å². The number of imidazole rings is 1. The highest BCUT2D eigenvalue weighted by molar-refractivity contribution is 5.82. The molecule has 0 spiro atoms. The van der Waals surface area contributed by atoms with E-state index in [4.69, 9.17) is 14.2 Å². The number of nitrogens with zero attached hydrogens (tertiary/aromatic N) is 4. The average molecular weight is 417 g/mol.